The molecular formula is C15H17ClN2O3S. The highest BCUT2D eigenvalue weighted by Gasteiger charge is 2.14. The maximum absolute atomic E-state index is 12.6. The lowest BCUT2D eigenvalue weighted by molar-refractivity contribution is -0.140. The van der Waals surface area contributed by atoms with Gasteiger partial charge in [0.25, 0.3) is 5.56 Å². The first-order valence-corrected chi connectivity index (χ1v) is 8.21. The van der Waals surface area contributed by atoms with Crippen molar-refractivity contribution in [1.29, 1.82) is 0 Å². The monoisotopic (exact) mass is 340 g/mol. The molecule has 0 fully saturated rings. The summed E-state index contributed by atoms with van der Waals surface area (Å²) in [6.07, 6.45) is 0.267. The molecule has 118 valence electrons. The van der Waals surface area contributed by atoms with Crippen LogP contribution in [0.2, 0.25) is 5.02 Å². The Morgan fingerprint density at radius 2 is 2.18 bits per heavy atom. The number of hydrogen-bond donors (Lipinski definition) is 0. The minimum Gasteiger partial charge on any atom is -0.469 e. The molecule has 0 bridgehead atoms. The summed E-state index contributed by atoms with van der Waals surface area (Å²) in [5.74, 6) is 0.215. The summed E-state index contributed by atoms with van der Waals surface area (Å²) in [6.45, 7) is 3.85. The minimum atomic E-state index is -0.283. The molecule has 0 aliphatic carbocycles. The standard InChI is InChI=1S/C15H17ClN2O3S/c1-9(2)18-14(20)11-5-4-10(16)8-12(11)17-15(18)22-7-6-13(19)21-3/h4-5,8-9H,6-7H2,1-3H3. The predicted molar refractivity (Wildman–Crippen MR) is 88.8 cm³/mol. The number of aromatic nitrogens is 2. The van der Waals surface area contributed by atoms with Crippen molar-refractivity contribution < 1.29 is 9.53 Å². The highest BCUT2D eigenvalue weighted by molar-refractivity contribution is 7.99. The van der Waals surface area contributed by atoms with Crippen LogP contribution in [0.3, 0.4) is 0 Å². The Kier molecular flexibility index (Phi) is 5.47. The van der Waals surface area contributed by atoms with Gasteiger partial charge in [-0.1, -0.05) is 23.4 Å². The Labute approximate surface area is 137 Å². The lowest BCUT2D eigenvalue weighted by Gasteiger charge is -2.16. The fourth-order valence-electron chi connectivity index (χ4n) is 2.04. The van der Waals surface area contributed by atoms with Crippen molar-refractivity contribution in [2.45, 2.75) is 31.5 Å². The molecule has 0 unspecified atom stereocenters. The van der Waals surface area contributed by atoms with Crippen LogP contribution in [0.4, 0.5) is 0 Å². The van der Waals surface area contributed by atoms with Crippen molar-refractivity contribution in [1.82, 2.24) is 9.55 Å². The van der Waals surface area contributed by atoms with Crippen LogP contribution in [-0.2, 0) is 9.53 Å². The van der Waals surface area contributed by atoms with Crippen LogP contribution in [-0.4, -0.2) is 28.4 Å². The number of benzene rings is 1. The van der Waals surface area contributed by atoms with Crippen molar-refractivity contribution in [2.24, 2.45) is 0 Å². The van der Waals surface area contributed by atoms with Crippen LogP contribution < -0.4 is 5.56 Å². The van der Waals surface area contributed by atoms with Gasteiger partial charge < -0.3 is 4.74 Å². The molecule has 0 saturated carbocycles. The Balaban J connectivity index is 2.44. The van der Waals surface area contributed by atoms with Crippen LogP contribution in [0.25, 0.3) is 10.9 Å². The summed E-state index contributed by atoms with van der Waals surface area (Å²) in [5, 5.41) is 1.65. The van der Waals surface area contributed by atoms with Crippen LogP contribution in [0.5, 0.6) is 0 Å². The fourth-order valence-corrected chi connectivity index (χ4v) is 3.25. The second-order valence-corrected chi connectivity index (χ2v) is 6.50. The summed E-state index contributed by atoms with van der Waals surface area (Å²) >= 11 is 7.34. The molecule has 0 spiro atoms. The highest BCUT2D eigenvalue weighted by Crippen LogP contribution is 2.23. The molecule has 2 rings (SSSR count). The molecule has 0 aliphatic heterocycles. The van der Waals surface area contributed by atoms with E-state index in [2.05, 4.69) is 9.72 Å². The lowest BCUT2D eigenvalue weighted by atomic mass is 10.2. The number of fused-ring (bicyclic) bond motifs is 1. The number of methoxy groups -OCH3 is 1. The Morgan fingerprint density at radius 3 is 2.82 bits per heavy atom. The van der Waals surface area contributed by atoms with Gasteiger partial charge in [-0.2, -0.15) is 0 Å². The van der Waals surface area contributed by atoms with Crippen molar-refractivity contribution in [2.75, 3.05) is 12.9 Å². The molecule has 5 nitrogen and oxygen atoms in total. The smallest absolute Gasteiger partial charge is 0.306 e. The topological polar surface area (TPSA) is 61.2 Å². The van der Waals surface area contributed by atoms with Gasteiger partial charge in [-0.3, -0.25) is 14.2 Å². The summed E-state index contributed by atoms with van der Waals surface area (Å²) in [4.78, 5) is 28.4. The van der Waals surface area contributed by atoms with E-state index < -0.39 is 0 Å². The molecule has 22 heavy (non-hydrogen) atoms. The molecule has 0 N–H and O–H groups in total. The van der Waals surface area contributed by atoms with Gasteiger partial charge in [0.2, 0.25) is 0 Å². The van der Waals surface area contributed by atoms with Crippen molar-refractivity contribution in [3.8, 4) is 0 Å². The number of carbonyl (C=O) groups is 1. The molecule has 7 heteroatoms. The summed E-state index contributed by atoms with van der Waals surface area (Å²) in [7, 11) is 1.35. The Bertz CT molecular complexity index is 758. The predicted octanol–water partition coefficient (Wildman–Crippen LogP) is 3.29. The summed E-state index contributed by atoms with van der Waals surface area (Å²) in [5.41, 5.74) is 0.465. The van der Waals surface area contributed by atoms with Gasteiger partial charge in [-0.15, -0.1) is 0 Å². The zero-order chi connectivity index (χ0) is 16.3. The molecule has 0 amide bonds. The Hall–Kier alpha value is -1.53. The number of carbonyl (C=O) groups excluding carboxylic acids is 1. The van der Waals surface area contributed by atoms with Gasteiger partial charge in [0.05, 0.1) is 24.4 Å². The maximum Gasteiger partial charge on any atom is 0.306 e. The molecule has 0 aliphatic rings. The van der Waals surface area contributed by atoms with E-state index in [0.29, 0.717) is 26.8 Å². The van der Waals surface area contributed by atoms with Crippen LogP contribution in [0.15, 0.2) is 28.2 Å². The fraction of sp³-hybridized carbons (Fsp3) is 0.400. The van der Waals surface area contributed by atoms with Gasteiger partial charge >= 0.3 is 5.97 Å². The van der Waals surface area contributed by atoms with Crippen LogP contribution in [0.1, 0.15) is 26.3 Å². The van der Waals surface area contributed by atoms with E-state index in [4.69, 9.17) is 11.6 Å². The average molecular weight is 341 g/mol. The van der Waals surface area contributed by atoms with E-state index in [9.17, 15) is 9.59 Å². The minimum absolute atomic E-state index is 0.0271. The third kappa shape index (κ3) is 3.62. The van der Waals surface area contributed by atoms with Gasteiger partial charge in [0.15, 0.2) is 5.16 Å². The molecule has 1 aromatic carbocycles. The molecule has 0 saturated heterocycles. The first-order valence-electron chi connectivity index (χ1n) is 6.85. The molecule has 1 aromatic heterocycles. The number of rotatable bonds is 5. The largest absolute Gasteiger partial charge is 0.469 e. The van der Waals surface area contributed by atoms with Crippen molar-refractivity contribution in [3.05, 3.63) is 33.6 Å². The van der Waals surface area contributed by atoms with E-state index in [1.165, 1.54) is 18.9 Å². The average Bonchev–Trinajstić information content (AvgIpc) is 2.46. The quantitative estimate of drug-likeness (QED) is 0.475. The number of nitrogens with zero attached hydrogens (tertiary/aromatic N) is 2. The SMILES string of the molecule is COC(=O)CCSc1nc2cc(Cl)ccc2c(=O)n1C(C)C. The van der Waals surface area contributed by atoms with E-state index in [1.54, 1.807) is 22.8 Å². The van der Waals surface area contributed by atoms with Gasteiger partial charge in [-0.05, 0) is 32.0 Å². The van der Waals surface area contributed by atoms with Gasteiger partial charge in [0.1, 0.15) is 0 Å². The van der Waals surface area contributed by atoms with E-state index >= 15 is 0 Å². The van der Waals surface area contributed by atoms with Crippen molar-refractivity contribution >= 4 is 40.2 Å². The van der Waals surface area contributed by atoms with Crippen LogP contribution >= 0.6 is 23.4 Å². The molecular weight excluding hydrogens is 324 g/mol. The zero-order valence-corrected chi connectivity index (χ0v) is 14.2. The third-order valence-corrected chi connectivity index (χ3v) is 4.30. The zero-order valence-electron chi connectivity index (χ0n) is 12.6. The molecule has 1 heterocycles. The second-order valence-electron chi connectivity index (χ2n) is 5.00. The summed E-state index contributed by atoms with van der Waals surface area (Å²) < 4.78 is 6.25. The molecule has 2 aromatic rings. The van der Waals surface area contributed by atoms with E-state index in [-0.39, 0.29) is 24.0 Å². The Morgan fingerprint density at radius 1 is 1.45 bits per heavy atom. The number of hydrogen-bond acceptors (Lipinski definition) is 5. The summed E-state index contributed by atoms with van der Waals surface area (Å²) in [6, 6.07) is 5.02. The van der Waals surface area contributed by atoms with E-state index in [0.717, 1.165) is 0 Å². The number of thioether (sulfide) groups is 1. The second kappa shape index (κ2) is 7.15. The third-order valence-electron chi connectivity index (χ3n) is 3.11. The van der Waals surface area contributed by atoms with Crippen molar-refractivity contribution in [3.63, 3.8) is 0 Å². The maximum atomic E-state index is 12.6. The normalized spacial score (nSPS) is 11.1. The number of ether oxygens (including phenoxy) is 1. The molecule has 0 atom stereocenters. The number of esters is 1. The highest BCUT2D eigenvalue weighted by atomic mass is 35.5. The first-order chi connectivity index (χ1) is 10.4. The van der Waals surface area contributed by atoms with E-state index in [1.807, 2.05) is 13.8 Å². The van der Waals surface area contributed by atoms with Gasteiger partial charge in [-0.25, -0.2) is 4.98 Å². The lowest BCUT2D eigenvalue weighted by Crippen LogP contribution is -2.25. The number of halogens is 1. The van der Waals surface area contributed by atoms with Crippen LogP contribution in [0, 0.1) is 0 Å². The first kappa shape index (κ1) is 16.8. The van der Waals surface area contributed by atoms with Gasteiger partial charge in [0, 0.05) is 16.8 Å². The molecule has 0 radical (unpaired) electrons.